The van der Waals surface area contributed by atoms with Crippen molar-refractivity contribution >= 4 is 0 Å². The number of ether oxygens (including phenoxy) is 2. The molecule has 1 N–H and O–H groups in total. The van der Waals surface area contributed by atoms with E-state index in [1.54, 1.807) is 7.11 Å². The van der Waals surface area contributed by atoms with Gasteiger partial charge in [0.05, 0.1) is 19.4 Å². The normalized spacial score (nSPS) is 19.7. The molecule has 2 aromatic rings. The molecule has 1 aromatic heterocycles. The molecule has 1 heterocycles. The molecule has 1 aromatic carbocycles. The van der Waals surface area contributed by atoms with E-state index in [9.17, 15) is 0 Å². The minimum absolute atomic E-state index is 0.491. The molecule has 5 heteroatoms. The van der Waals surface area contributed by atoms with Crippen molar-refractivity contribution in [2.45, 2.75) is 58.5 Å². The average Bonchev–Trinajstić information content (AvgIpc) is 3.27. The zero-order valence-electron chi connectivity index (χ0n) is 16.1. The number of hydrogen-bond donors (Lipinski definition) is 1. The molecule has 0 aliphatic heterocycles. The number of aromatic nitrogens is 1. The molecule has 0 saturated heterocycles. The third-order valence-corrected chi connectivity index (χ3v) is 5.08. The van der Waals surface area contributed by atoms with Crippen LogP contribution in [0.15, 0.2) is 28.8 Å². The lowest BCUT2D eigenvalue weighted by Gasteiger charge is -2.21. The summed E-state index contributed by atoms with van der Waals surface area (Å²) in [5.74, 6) is 3.25. The Labute approximate surface area is 156 Å². The van der Waals surface area contributed by atoms with Gasteiger partial charge in [-0.15, -0.1) is 0 Å². The van der Waals surface area contributed by atoms with Gasteiger partial charge in [-0.1, -0.05) is 30.6 Å². The fourth-order valence-electron chi connectivity index (χ4n) is 3.79. The van der Waals surface area contributed by atoms with E-state index < -0.39 is 0 Å². The van der Waals surface area contributed by atoms with Crippen LogP contribution in [-0.2, 0) is 13.0 Å². The van der Waals surface area contributed by atoms with Crippen molar-refractivity contribution < 1.29 is 14.0 Å². The van der Waals surface area contributed by atoms with Gasteiger partial charge in [-0.05, 0) is 38.2 Å². The van der Waals surface area contributed by atoms with Crippen molar-refractivity contribution in [1.29, 1.82) is 0 Å². The van der Waals surface area contributed by atoms with Gasteiger partial charge in [-0.25, -0.2) is 0 Å². The maximum atomic E-state index is 5.96. The van der Waals surface area contributed by atoms with Gasteiger partial charge >= 0.3 is 0 Å². The molecule has 1 aliphatic rings. The minimum atomic E-state index is 0.491. The second kappa shape index (κ2) is 9.08. The molecule has 0 spiro atoms. The number of benzene rings is 1. The number of hydrogen-bond acceptors (Lipinski definition) is 5. The Hall–Kier alpha value is -2.01. The minimum Gasteiger partial charge on any atom is -0.493 e. The Morgan fingerprint density at radius 3 is 2.92 bits per heavy atom. The largest absolute Gasteiger partial charge is 0.493 e. The summed E-state index contributed by atoms with van der Waals surface area (Å²) in [7, 11) is 1.69. The van der Waals surface area contributed by atoms with Crippen molar-refractivity contribution in [3.8, 4) is 11.5 Å². The highest BCUT2D eigenvalue weighted by Crippen LogP contribution is 2.33. The number of para-hydroxylation sites is 1. The average molecular weight is 358 g/mol. The Balaban J connectivity index is 1.64. The van der Waals surface area contributed by atoms with Gasteiger partial charge in [0.2, 0.25) is 0 Å². The predicted molar refractivity (Wildman–Crippen MR) is 102 cm³/mol. The van der Waals surface area contributed by atoms with E-state index in [4.69, 9.17) is 14.0 Å². The van der Waals surface area contributed by atoms with E-state index in [2.05, 4.69) is 23.5 Å². The zero-order chi connectivity index (χ0) is 18.4. The van der Waals surface area contributed by atoms with E-state index in [0.29, 0.717) is 18.6 Å². The number of aryl methyl sites for hydroxylation is 1. The first-order valence-corrected chi connectivity index (χ1v) is 9.65. The van der Waals surface area contributed by atoms with Crippen LogP contribution in [0, 0.1) is 12.8 Å². The summed E-state index contributed by atoms with van der Waals surface area (Å²) in [5, 5.41) is 7.76. The maximum Gasteiger partial charge on any atom is 0.165 e. The van der Waals surface area contributed by atoms with E-state index in [1.165, 1.54) is 19.3 Å². The molecule has 142 valence electrons. The van der Waals surface area contributed by atoms with Gasteiger partial charge in [0.1, 0.15) is 5.76 Å². The highest BCUT2D eigenvalue weighted by atomic mass is 16.5. The molecular weight excluding hydrogens is 328 g/mol. The molecule has 0 radical (unpaired) electrons. The van der Waals surface area contributed by atoms with Crippen LogP contribution in [0.4, 0.5) is 0 Å². The first-order valence-electron chi connectivity index (χ1n) is 9.65. The first-order chi connectivity index (χ1) is 12.7. The summed E-state index contributed by atoms with van der Waals surface area (Å²) in [6, 6.07) is 8.64. The van der Waals surface area contributed by atoms with Crippen LogP contribution in [0.3, 0.4) is 0 Å². The smallest absolute Gasteiger partial charge is 0.165 e. The summed E-state index contributed by atoms with van der Waals surface area (Å²) >= 11 is 0. The van der Waals surface area contributed by atoms with Gasteiger partial charge in [0.25, 0.3) is 0 Å². The van der Waals surface area contributed by atoms with Gasteiger partial charge < -0.3 is 19.3 Å². The standard InChI is InChI=1S/C21H30N2O3/c1-4-11-25-21-17(8-6-10-20(21)24-3)14-22-19-9-5-7-16(19)13-18-12-15(2)23-26-18/h6,8,10,12,16,19,22H,4-5,7,9,11,13-14H2,1-3H3/t16-,19+/m0/s1. The zero-order valence-corrected chi connectivity index (χ0v) is 16.1. The molecule has 26 heavy (non-hydrogen) atoms. The topological polar surface area (TPSA) is 56.5 Å². The second-order valence-corrected chi connectivity index (χ2v) is 7.11. The predicted octanol–water partition coefficient (Wildman–Crippen LogP) is 4.28. The molecular formula is C21H30N2O3. The van der Waals surface area contributed by atoms with E-state index in [-0.39, 0.29) is 0 Å². The summed E-state index contributed by atoms with van der Waals surface area (Å²) in [6.45, 7) is 5.57. The summed E-state index contributed by atoms with van der Waals surface area (Å²) in [4.78, 5) is 0. The Morgan fingerprint density at radius 2 is 2.19 bits per heavy atom. The molecule has 1 saturated carbocycles. The lowest BCUT2D eigenvalue weighted by atomic mass is 9.97. The van der Waals surface area contributed by atoms with Crippen molar-refractivity contribution in [3.05, 3.63) is 41.3 Å². The molecule has 1 aliphatic carbocycles. The maximum absolute atomic E-state index is 5.96. The third-order valence-electron chi connectivity index (χ3n) is 5.08. The third kappa shape index (κ3) is 4.58. The Morgan fingerprint density at radius 1 is 1.31 bits per heavy atom. The van der Waals surface area contributed by atoms with Crippen LogP contribution >= 0.6 is 0 Å². The van der Waals surface area contributed by atoms with Crippen LogP contribution in [0.2, 0.25) is 0 Å². The molecule has 0 bridgehead atoms. The lowest BCUT2D eigenvalue weighted by molar-refractivity contribution is 0.288. The van der Waals surface area contributed by atoms with Gasteiger partial charge in [0.15, 0.2) is 11.5 Å². The van der Waals surface area contributed by atoms with Crippen molar-refractivity contribution in [3.63, 3.8) is 0 Å². The number of rotatable bonds is 9. The summed E-state index contributed by atoms with van der Waals surface area (Å²) < 4.78 is 16.9. The lowest BCUT2D eigenvalue weighted by Crippen LogP contribution is -2.33. The van der Waals surface area contributed by atoms with Crippen LogP contribution in [-0.4, -0.2) is 24.9 Å². The van der Waals surface area contributed by atoms with E-state index in [1.807, 2.05) is 25.1 Å². The second-order valence-electron chi connectivity index (χ2n) is 7.11. The molecule has 5 nitrogen and oxygen atoms in total. The van der Waals surface area contributed by atoms with Crippen LogP contribution < -0.4 is 14.8 Å². The van der Waals surface area contributed by atoms with Crippen molar-refractivity contribution in [1.82, 2.24) is 10.5 Å². The van der Waals surface area contributed by atoms with Crippen LogP contribution in [0.25, 0.3) is 0 Å². The monoisotopic (exact) mass is 358 g/mol. The highest BCUT2D eigenvalue weighted by molar-refractivity contribution is 5.46. The fraction of sp³-hybridized carbons (Fsp3) is 0.571. The molecule has 0 amide bonds. The Kier molecular flexibility index (Phi) is 6.56. The Bertz CT molecular complexity index is 698. The molecule has 0 unspecified atom stereocenters. The van der Waals surface area contributed by atoms with Gasteiger partial charge in [-0.2, -0.15) is 0 Å². The van der Waals surface area contributed by atoms with Crippen LogP contribution in [0.1, 0.15) is 49.6 Å². The molecule has 2 atom stereocenters. The summed E-state index contributed by atoms with van der Waals surface area (Å²) in [6.07, 6.45) is 5.62. The van der Waals surface area contributed by atoms with Crippen LogP contribution in [0.5, 0.6) is 11.5 Å². The number of methoxy groups -OCH3 is 1. The fourth-order valence-corrected chi connectivity index (χ4v) is 3.79. The van der Waals surface area contributed by atoms with Gasteiger partial charge in [0, 0.05) is 30.6 Å². The van der Waals surface area contributed by atoms with Crippen molar-refractivity contribution in [2.24, 2.45) is 5.92 Å². The first kappa shape index (κ1) is 18.8. The highest BCUT2D eigenvalue weighted by Gasteiger charge is 2.28. The summed E-state index contributed by atoms with van der Waals surface area (Å²) in [5.41, 5.74) is 2.11. The SMILES string of the molecule is CCCOc1c(CN[C@@H]2CCC[C@H]2Cc2cc(C)no2)cccc1OC. The number of nitrogens with zero attached hydrogens (tertiary/aromatic N) is 1. The van der Waals surface area contributed by atoms with Gasteiger partial charge in [-0.3, -0.25) is 0 Å². The van der Waals surface area contributed by atoms with Crippen molar-refractivity contribution in [2.75, 3.05) is 13.7 Å². The van der Waals surface area contributed by atoms with E-state index in [0.717, 1.165) is 47.9 Å². The van der Waals surface area contributed by atoms with E-state index >= 15 is 0 Å². The molecule has 3 rings (SSSR count). The molecule has 1 fully saturated rings. The number of nitrogens with one attached hydrogen (secondary N) is 1. The quantitative estimate of drug-likeness (QED) is 0.725.